The van der Waals surface area contributed by atoms with Gasteiger partial charge in [-0.15, -0.1) is 0 Å². The van der Waals surface area contributed by atoms with Gasteiger partial charge in [-0.05, 0) is 73.9 Å². The van der Waals surface area contributed by atoms with Crippen LogP contribution in [-0.4, -0.2) is 43.9 Å². The lowest BCUT2D eigenvalue weighted by Crippen LogP contribution is -2.27. The molecule has 204 valence electrons. The number of rotatable bonds is 10. The van der Waals surface area contributed by atoms with Crippen LogP contribution in [0.2, 0.25) is 0 Å². The minimum atomic E-state index is -0.476. The molecule has 0 saturated heterocycles. The molecule has 0 fully saturated rings. The number of ether oxygens (including phenoxy) is 2. The molecular formula is C30H33N3O6. The Bertz CT molecular complexity index is 1380. The van der Waals surface area contributed by atoms with Gasteiger partial charge in [0.1, 0.15) is 5.75 Å². The topological polar surface area (TPSA) is 114 Å². The van der Waals surface area contributed by atoms with Gasteiger partial charge in [0.05, 0.1) is 17.9 Å². The number of hydrogen-bond acceptors (Lipinski definition) is 6. The van der Waals surface area contributed by atoms with Crippen LogP contribution in [0.4, 0.5) is 11.4 Å². The van der Waals surface area contributed by atoms with Gasteiger partial charge in [0.2, 0.25) is 5.91 Å². The monoisotopic (exact) mass is 531 g/mol. The van der Waals surface area contributed by atoms with E-state index >= 15 is 0 Å². The van der Waals surface area contributed by atoms with Crippen LogP contribution in [0.3, 0.4) is 0 Å². The van der Waals surface area contributed by atoms with E-state index in [0.717, 1.165) is 5.56 Å². The van der Waals surface area contributed by atoms with Crippen LogP contribution in [0, 0.1) is 13.8 Å². The molecule has 0 saturated carbocycles. The molecular weight excluding hydrogens is 498 g/mol. The highest BCUT2D eigenvalue weighted by molar-refractivity contribution is 6.09. The maximum absolute atomic E-state index is 13.3. The van der Waals surface area contributed by atoms with Crippen LogP contribution >= 0.6 is 0 Å². The van der Waals surface area contributed by atoms with Gasteiger partial charge in [-0.1, -0.05) is 18.2 Å². The second-order valence-electron chi connectivity index (χ2n) is 9.09. The number of carbonyl (C=O) groups excluding carboxylic acids is 4. The van der Waals surface area contributed by atoms with Crippen molar-refractivity contribution in [3.05, 3.63) is 82.9 Å². The SMILES string of the molecule is CC(=O)NCCCOc1ccccc1C(=O)Nc1ccc(C(=O)N(C)c2ccc(C)cc2OC(C)=O)cc1C. The second kappa shape index (κ2) is 13.2. The molecule has 3 rings (SSSR count). The van der Waals surface area contributed by atoms with Gasteiger partial charge in [0.25, 0.3) is 11.8 Å². The molecule has 2 N–H and O–H groups in total. The Labute approximate surface area is 228 Å². The molecule has 0 bridgehead atoms. The zero-order valence-electron chi connectivity index (χ0n) is 22.8. The lowest BCUT2D eigenvalue weighted by molar-refractivity contribution is -0.131. The van der Waals surface area contributed by atoms with E-state index in [1.165, 1.54) is 18.7 Å². The molecule has 0 aromatic heterocycles. The maximum Gasteiger partial charge on any atom is 0.308 e. The Morgan fingerprint density at radius 2 is 1.64 bits per heavy atom. The van der Waals surface area contributed by atoms with E-state index in [1.54, 1.807) is 68.6 Å². The summed E-state index contributed by atoms with van der Waals surface area (Å²) in [6.45, 7) is 7.25. The molecule has 9 nitrogen and oxygen atoms in total. The summed E-state index contributed by atoms with van der Waals surface area (Å²) in [5.41, 5.74) is 3.38. The Balaban J connectivity index is 1.72. The second-order valence-corrected chi connectivity index (χ2v) is 9.09. The summed E-state index contributed by atoms with van der Waals surface area (Å²) < 4.78 is 11.1. The Hall–Kier alpha value is -4.66. The minimum Gasteiger partial charge on any atom is -0.493 e. The lowest BCUT2D eigenvalue weighted by atomic mass is 10.1. The van der Waals surface area contributed by atoms with Crippen LogP contribution in [0.25, 0.3) is 0 Å². The standard InChI is InChI=1S/C30H33N3O6/c1-19-11-14-26(28(17-19)39-22(4)35)33(5)30(37)23-12-13-25(20(2)18-23)32-29(36)24-9-6-7-10-27(24)38-16-8-15-31-21(3)34/h6-7,9-14,17-18H,8,15-16H2,1-5H3,(H,31,34)(H,32,36). The maximum atomic E-state index is 13.3. The van der Waals surface area contributed by atoms with Gasteiger partial charge < -0.3 is 25.0 Å². The molecule has 0 aliphatic heterocycles. The predicted octanol–water partition coefficient (Wildman–Crippen LogP) is 4.66. The number of carbonyl (C=O) groups is 4. The van der Waals surface area contributed by atoms with Crippen LogP contribution in [0.15, 0.2) is 60.7 Å². The highest BCUT2D eigenvalue weighted by atomic mass is 16.5. The molecule has 9 heteroatoms. The Morgan fingerprint density at radius 3 is 2.33 bits per heavy atom. The summed E-state index contributed by atoms with van der Waals surface area (Å²) in [6, 6.07) is 17.2. The van der Waals surface area contributed by atoms with Gasteiger partial charge in [-0.25, -0.2) is 0 Å². The minimum absolute atomic E-state index is 0.105. The van der Waals surface area contributed by atoms with Crippen molar-refractivity contribution in [3.8, 4) is 11.5 Å². The summed E-state index contributed by atoms with van der Waals surface area (Å²) in [5.74, 6) is -0.494. The first-order chi connectivity index (χ1) is 18.6. The smallest absolute Gasteiger partial charge is 0.308 e. The number of para-hydroxylation sites is 1. The van der Waals surface area contributed by atoms with Crippen molar-refractivity contribution in [1.29, 1.82) is 0 Å². The lowest BCUT2D eigenvalue weighted by Gasteiger charge is -2.21. The predicted molar refractivity (Wildman–Crippen MR) is 150 cm³/mol. The third-order valence-electron chi connectivity index (χ3n) is 5.84. The zero-order valence-corrected chi connectivity index (χ0v) is 22.8. The molecule has 39 heavy (non-hydrogen) atoms. The number of esters is 1. The van der Waals surface area contributed by atoms with Crippen molar-refractivity contribution in [2.45, 2.75) is 34.1 Å². The molecule has 0 unspecified atom stereocenters. The number of nitrogens with zero attached hydrogens (tertiary/aromatic N) is 1. The summed E-state index contributed by atoms with van der Waals surface area (Å²) in [5, 5.41) is 5.59. The third kappa shape index (κ3) is 7.91. The van der Waals surface area contributed by atoms with E-state index in [2.05, 4.69) is 10.6 Å². The summed E-state index contributed by atoms with van der Waals surface area (Å²) in [7, 11) is 1.61. The van der Waals surface area contributed by atoms with E-state index in [1.807, 2.05) is 13.0 Å². The average molecular weight is 532 g/mol. The number of hydrogen-bond donors (Lipinski definition) is 2. The molecule has 0 atom stereocenters. The third-order valence-corrected chi connectivity index (χ3v) is 5.84. The molecule has 0 aliphatic rings. The molecule has 3 aromatic carbocycles. The fourth-order valence-electron chi connectivity index (χ4n) is 3.86. The largest absolute Gasteiger partial charge is 0.493 e. The van der Waals surface area contributed by atoms with Crippen LogP contribution in [0.1, 0.15) is 52.1 Å². The van der Waals surface area contributed by atoms with Crippen molar-refractivity contribution in [2.24, 2.45) is 0 Å². The first kappa shape index (κ1) is 28.9. The fourth-order valence-corrected chi connectivity index (χ4v) is 3.86. The average Bonchev–Trinajstić information content (AvgIpc) is 2.88. The van der Waals surface area contributed by atoms with Crippen molar-refractivity contribution >= 4 is 35.1 Å². The molecule has 3 amide bonds. The van der Waals surface area contributed by atoms with Gasteiger partial charge in [-0.3, -0.25) is 19.2 Å². The van der Waals surface area contributed by atoms with E-state index in [-0.39, 0.29) is 17.7 Å². The highest BCUT2D eigenvalue weighted by Crippen LogP contribution is 2.30. The van der Waals surface area contributed by atoms with Crippen molar-refractivity contribution in [3.63, 3.8) is 0 Å². The van der Waals surface area contributed by atoms with Crippen molar-refractivity contribution < 1.29 is 28.7 Å². The quantitative estimate of drug-likeness (QED) is 0.223. The van der Waals surface area contributed by atoms with Crippen molar-refractivity contribution in [2.75, 3.05) is 30.4 Å². The van der Waals surface area contributed by atoms with E-state index in [0.29, 0.717) is 59.1 Å². The number of amides is 3. The first-order valence-electron chi connectivity index (χ1n) is 12.5. The van der Waals surface area contributed by atoms with Crippen LogP contribution < -0.4 is 25.0 Å². The normalized spacial score (nSPS) is 10.4. The van der Waals surface area contributed by atoms with Crippen LogP contribution in [0.5, 0.6) is 11.5 Å². The van der Waals surface area contributed by atoms with Crippen LogP contribution in [-0.2, 0) is 9.59 Å². The van der Waals surface area contributed by atoms with E-state index in [4.69, 9.17) is 9.47 Å². The summed E-state index contributed by atoms with van der Waals surface area (Å²) in [6.07, 6.45) is 0.601. The number of anilines is 2. The highest BCUT2D eigenvalue weighted by Gasteiger charge is 2.20. The fraction of sp³-hybridized carbons (Fsp3) is 0.267. The van der Waals surface area contributed by atoms with Gasteiger partial charge in [-0.2, -0.15) is 0 Å². The van der Waals surface area contributed by atoms with Gasteiger partial charge in [0.15, 0.2) is 5.75 Å². The van der Waals surface area contributed by atoms with Crippen molar-refractivity contribution in [1.82, 2.24) is 5.32 Å². The molecule has 0 radical (unpaired) electrons. The Kier molecular flexibility index (Phi) is 9.80. The number of benzene rings is 3. The van der Waals surface area contributed by atoms with E-state index < -0.39 is 5.97 Å². The first-order valence-corrected chi connectivity index (χ1v) is 12.5. The molecule has 3 aromatic rings. The summed E-state index contributed by atoms with van der Waals surface area (Å²) in [4.78, 5) is 50.3. The van der Waals surface area contributed by atoms with Gasteiger partial charge >= 0.3 is 5.97 Å². The number of nitrogens with one attached hydrogen (secondary N) is 2. The molecule has 0 aliphatic carbocycles. The summed E-state index contributed by atoms with van der Waals surface area (Å²) >= 11 is 0. The molecule has 0 spiro atoms. The number of aryl methyl sites for hydroxylation is 2. The zero-order chi connectivity index (χ0) is 28.5. The Morgan fingerprint density at radius 1 is 0.897 bits per heavy atom. The van der Waals surface area contributed by atoms with E-state index in [9.17, 15) is 19.2 Å². The molecule has 0 heterocycles. The van der Waals surface area contributed by atoms with Gasteiger partial charge in [0, 0.05) is 38.7 Å².